The molecule has 1 heterocycles. The molecular weight excluding hydrogens is 169 g/mol. The Kier molecular flexibility index (Phi) is 3.68. The SMILES string of the molecule is CC(C)OC[C@H]1[C@@H](F)C[C@@H](C)N1C. The number of halogens is 1. The molecule has 78 valence electrons. The highest BCUT2D eigenvalue weighted by Gasteiger charge is 2.36. The van der Waals surface area contributed by atoms with Crippen LogP contribution in [0.4, 0.5) is 4.39 Å². The summed E-state index contributed by atoms with van der Waals surface area (Å²) in [4.78, 5) is 2.08. The van der Waals surface area contributed by atoms with E-state index in [4.69, 9.17) is 4.74 Å². The van der Waals surface area contributed by atoms with Gasteiger partial charge < -0.3 is 4.74 Å². The van der Waals surface area contributed by atoms with E-state index in [-0.39, 0.29) is 12.1 Å². The summed E-state index contributed by atoms with van der Waals surface area (Å²) in [5.41, 5.74) is 0. The predicted octanol–water partition coefficient (Wildman–Crippen LogP) is 1.84. The maximum Gasteiger partial charge on any atom is 0.119 e. The minimum absolute atomic E-state index is 0.0441. The largest absolute Gasteiger partial charge is 0.377 e. The van der Waals surface area contributed by atoms with Crippen molar-refractivity contribution < 1.29 is 9.13 Å². The smallest absolute Gasteiger partial charge is 0.119 e. The molecule has 3 heteroatoms. The fourth-order valence-electron chi connectivity index (χ4n) is 1.74. The van der Waals surface area contributed by atoms with Gasteiger partial charge in [0.05, 0.1) is 18.8 Å². The number of nitrogens with zero attached hydrogens (tertiary/aromatic N) is 1. The van der Waals surface area contributed by atoms with Crippen molar-refractivity contribution >= 4 is 0 Å². The van der Waals surface area contributed by atoms with Crippen molar-refractivity contribution in [2.24, 2.45) is 0 Å². The van der Waals surface area contributed by atoms with Gasteiger partial charge in [0.25, 0.3) is 0 Å². The van der Waals surface area contributed by atoms with Crippen molar-refractivity contribution in [3.8, 4) is 0 Å². The Bertz CT molecular complexity index is 163. The molecule has 0 amide bonds. The van der Waals surface area contributed by atoms with Crippen molar-refractivity contribution in [3.63, 3.8) is 0 Å². The number of likely N-dealkylation sites (tertiary alicyclic amines) is 1. The molecule has 0 aromatic rings. The highest BCUT2D eigenvalue weighted by atomic mass is 19.1. The molecule has 0 aliphatic carbocycles. The van der Waals surface area contributed by atoms with Gasteiger partial charge in [-0.15, -0.1) is 0 Å². The van der Waals surface area contributed by atoms with Gasteiger partial charge in [0.15, 0.2) is 0 Å². The van der Waals surface area contributed by atoms with Gasteiger partial charge in [-0.25, -0.2) is 4.39 Å². The summed E-state index contributed by atoms with van der Waals surface area (Å²) < 4.78 is 18.9. The van der Waals surface area contributed by atoms with Crippen molar-refractivity contribution in [1.82, 2.24) is 4.90 Å². The minimum Gasteiger partial charge on any atom is -0.377 e. The number of alkyl halides is 1. The van der Waals surface area contributed by atoms with Crippen molar-refractivity contribution in [2.45, 2.75) is 51.6 Å². The van der Waals surface area contributed by atoms with E-state index in [1.807, 2.05) is 20.9 Å². The zero-order chi connectivity index (χ0) is 10.0. The Labute approximate surface area is 80.1 Å². The number of ether oxygens (including phenoxy) is 1. The Morgan fingerprint density at radius 1 is 1.54 bits per heavy atom. The molecule has 0 bridgehead atoms. The number of hydrogen-bond acceptors (Lipinski definition) is 2. The lowest BCUT2D eigenvalue weighted by Crippen LogP contribution is -2.37. The summed E-state index contributed by atoms with van der Waals surface area (Å²) in [5.74, 6) is 0. The van der Waals surface area contributed by atoms with Gasteiger partial charge >= 0.3 is 0 Å². The highest BCUT2D eigenvalue weighted by Crippen LogP contribution is 2.25. The quantitative estimate of drug-likeness (QED) is 0.671. The van der Waals surface area contributed by atoms with E-state index >= 15 is 0 Å². The molecule has 1 saturated heterocycles. The third-order valence-electron chi connectivity index (χ3n) is 2.80. The lowest BCUT2D eigenvalue weighted by atomic mass is 10.2. The van der Waals surface area contributed by atoms with Crippen LogP contribution >= 0.6 is 0 Å². The molecule has 1 fully saturated rings. The number of hydrogen-bond donors (Lipinski definition) is 0. The van der Waals surface area contributed by atoms with E-state index in [2.05, 4.69) is 11.8 Å². The molecule has 1 aliphatic rings. The van der Waals surface area contributed by atoms with Crippen LogP contribution in [-0.4, -0.2) is 42.9 Å². The summed E-state index contributed by atoms with van der Waals surface area (Å²) in [7, 11) is 1.97. The molecule has 0 unspecified atom stereocenters. The molecule has 0 aromatic heterocycles. The fourth-order valence-corrected chi connectivity index (χ4v) is 1.74. The van der Waals surface area contributed by atoms with Crippen LogP contribution in [0.5, 0.6) is 0 Å². The first-order valence-electron chi connectivity index (χ1n) is 5.00. The topological polar surface area (TPSA) is 12.5 Å². The molecule has 0 N–H and O–H groups in total. The van der Waals surface area contributed by atoms with E-state index in [9.17, 15) is 4.39 Å². The van der Waals surface area contributed by atoms with Crippen LogP contribution in [0.15, 0.2) is 0 Å². The lowest BCUT2D eigenvalue weighted by Gasteiger charge is -2.24. The maximum atomic E-state index is 13.4. The zero-order valence-corrected chi connectivity index (χ0v) is 8.96. The average Bonchev–Trinajstić information content (AvgIpc) is 2.24. The number of likely N-dealkylation sites (N-methyl/N-ethyl adjacent to an activating group) is 1. The molecule has 0 saturated carbocycles. The Balaban J connectivity index is 2.39. The van der Waals surface area contributed by atoms with Crippen LogP contribution < -0.4 is 0 Å². The standard InChI is InChI=1S/C10H20FNO/c1-7(2)13-6-10-9(11)5-8(3)12(10)4/h7-10H,5-6H2,1-4H3/t8-,9+,10+/m1/s1. The highest BCUT2D eigenvalue weighted by molar-refractivity contribution is 4.90. The van der Waals surface area contributed by atoms with Gasteiger partial charge in [-0.1, -0.05) is 0 Å². The van der Waals surface area contributed by atoms with Gasteiger partial charge in [-0.05, 0) is 34.2 Å². The second-order valence-corrected chi connectivity index (χ2v) is 4.22. The van der Waals surface area contributed by atoms with Crippen molar-refractivity contribution in [1.29, 1.82) is 0 Å². The van der Waals surface area contributed by atoms with Crippen molar-refractivity contribution in [3.05, 3.63) is 0 Å². The Morgan fingerprint density at radius 2 is 2.15 bits per heavy atom. The van der Waals surface area contributed by atoms with Crippen LogP contribution in [0.2, 0.25) is 0 Å². The van der Waals surface area contributed by atoms with Crippen LogP contribution in [0, 0.1) is 0 Å². The molecule has 0 aromatic carbocycles. The lowest BCUT2D eigenvalue weighted by molar-refractivity contribution is 0.0235. The average molecular weight is 189 g/mol. The third-order valence-corrected chi connectivity index (χ3v) is 2.80. The first-order chi connectivity index (χ1) is 6.02. The fraction of sp³-hybridized carbons (Fsp3) is 1.00. The first-order valence-corrected chi connectivity index (χ1v) is 5.00. The summed E-state index contributed by atoms with van der Waals surface area (Å²) in [5, 5.41) is 0. The Morgan fingerprint density at radius 3 is 2.54 bits per heavy atom. The summed E-state index contributed by atoms with van der Waals surface area (Å²) in [6.07, 6.45) is 0.109. The maximum absolute atomic E-state index is 13.4. The van der Waals surface area contributed by atoms with Gasteiger partial charge in [0.1, 0.15) is 6.17 Å². The molecular formula is C10H20FNO. The van der Waals surface area contributed by atoms with E-state index in [0.717, 1.165) is 0 Å². The van der Waals surface area contributed by atoms with E-state index < -0.39 is 6.17 Å². The number of rotatable bonds is 3. The minimum atomic E-state index is -0.723. The first kappa shape index (κ1) is 10.9. The van der Waals surface area contributed by atoms with Crippen molar-refractivity contribution in [2.75, 3.05) is 13.7 Å². The second kappa shape index (κ2) is 4.38. The monoisotopic (exact) mass is 189 g/mol. The van der Waals surface area contributed by atoms with Gasteiger partial charge in [-0.3, -0.25) is 4.90 Å². The van der Waals surface area contributed by atoms with Gasteiger partial charge in [-0.2, -0.15) is 0 Å². The van der Waals surface area contributed by atoms with Crippen LogP contribution in [0.1, 0.15) is 27.2 Å². The molecule has 0 spiro atoms. The summed E-state index contributed by atoms with van der Waals surface area (Å²) >= 11 is 0. The van der Waals surface area contributed by atoms with E-state index in [0.29, 0.717) is 19.1 Å². The molecule has 3 atom stereocenters. The van der Waals surface area contributed by atoms with E-state index in [1.165, 1.54) is 0 Å². The predicted molar refractivity (Wildman–Crippen MR) is 51.6 cm³/mol. The van der Waals surface area contributed by atoms with Gasteiger partial charge in [0.2, 0.25) is 0 Å². The molecule has 1 rings (SSSR count). The third kappa shape index (κ3) is 2.64. The Hall–Kier alpha value is -0.150. The summed E-state index contributed by atoms with van der Waals surface area (Å²) in [6.45, 7) is 6.53. The zero-order valence-electron chi connectivity index (χ0n) is 8.96. The molecule has 1 aliphatic heterocycles. The normalized spacial score (nSPS) is 36.0. The second-order valence-electron chi connectivity index (χ2n) is 4.22. The molecule has 2 nitrogen and oxygen atoms in total. The molecule has 13 heavy (non-hydrogen) atoms. The van der Waals surface area contributed by atoms with E-state index in [1.54, 1.807) is 0 Å². The van der Waals surface area contributed by atoms with Gasteiger partial charge in [0, 0.05) is 6.04 Å². The van der Waals surface area contributed by atoms with Crippen LogP contribution in [0.3, 0.4) is 0 Å². The molecule has 0 radical (unpaired) electrons. The van der Waals surface area contributed by atoms with Crippen LogP contribution in [-0.2, 0) is 4.74 Å². The summed E-state index contributed by atoms with van der Waals surface area (Å²) in [6, 6.07) is 0.299. The van der Waals surface area contributed by atoms with Crippen LogP contribution in [0.25, 0.3) is 0 Å².